The zero-order valence-corrected chi connectivity index (χ0v) is 8.74. The van der Waals surface area contributed by atoms with Crippen LogP contribution in [0.3, 0.4) is 0 Å². The second-order valence-electron chi connectivity index (χ2n) is 3.36. The Hall–Kier alpha value is -1.81. The van der Waals surface area contributed by atoms with Gasteiger partial charge in [0, 0.05) is 11.5 Å². The van der Waals surface area contributed by atoms with Crippen LogP contribution in [0.1, 0.15) is 5.56 Å². The van der Waals surface area contributed by atoms with Crippen molar-refractivity contribution < 1.29 is 4.74 Å². The Morgan fingerprint density at radius 2 is 2.13 bits per heavy atom. The Bertz CT molecular complexity index is 496. The molecule has 0 amide bonds. The number of benzene rings is 1. The monoisotopic (exact) mass is 203 g/mol. The fourth-order valence-corrected chi connectivity index (χ4v) is 1.53. The molecule has 1 aromatic carbocycles. The quantitative estimate of drug-likeness (QED) is 0.577. The molecule has 4 nitrogen and oxygen atoms in total. The first kappa shape index (κ1) is 9.73. The molecule has 3 N–H and O–H groups in total. The third-order valence-electron chi connectivity index (χ3n) is 2.35. The number of nitrogens with two attached hydrogens (primary N) is 1. The summed E-state index contributed by atoms with van der Waals surface area (Å²) in [4.78, 5) is 4.39. The van der Waals surface area contributed by atoms with E-state index < -0.39 is 0 Å². The molecule has 2 rings (SSSR count). The first-order valence-electron chi connectivity index (χ1n) is 4.66. The molecular weight excluding hydrogens is 190 g/mol. The van der Waals surface area contributed by atoms with Crippen LogP contribution < -0.4 is 16.0 Å². The van der Waals surface area contributed by atoms with Crippen LogP contribution in [0.15, 0.2) is 24.3 Å². The van der Waals surface area contributed by atoms with E-state index in [1.165, 1.54) is 0 Å². The number of nitrogens with one attached hydrogen (secondary N) is 1. The van der Waals surface area contributed by atoms with Crippen molar-refractivity contribution >= 4 is 16.7 Å². The van der Waals surface area contributed by atoms with Crippen molar-refractivity contribution in [2.24, 2.45) is 5.84 Å². The van der Waals surface area contributed by atoms with Crippen LogP contribution in [-0.4, -0.2) is 12.1 Å². The Morgan fingerprint density at radius 1 is 1.33 bits per heavy atom. The molecule has 0 atom stereocenters. The number of aromatic nitrogens is 1. The second-order valence-corrected chi connectivity index (χ2v) is 3.36. The first-order chi connectivity index (χ1) is 7.24. The van der Waals surface area contributed by atoms with Crippen molar-refractivity contribution in [2.45, 2.75) is 6.92 Å². The predicted octanol–water partition coefficient (Wildman–Crippen LogP) is 1.84. The van der Waals surface area contributed by atoms with Crippen molar-refractivity contribution in [1.29, 1.82) is 0 Å². The molecule has 0 bridgehead atoms. The Labute approximate surface area is 88.0 Å². The predicted molar refractivity (Wildman–Crippen MR) is 60.8 cm³/mol. The Balaban J connectivity index is 2.66. The summed E-state index contributed by atoms with van der Waals surface area (Å²) in [6.45, 7) is 1.96. The maximum Gasteiger partial charge on any atom is 0.143 e. The van der Waals surface area contributed by atoms with Crippen LogP contribution in [0.25, 0.3) is 10.9 Å². The number of pyridine rings is 1. The Kier molecular flexibility index (Phi) is 2.43. The molecule has 0 saturated carbocycles. The van der Waals surface area contributed by atoms with Gasteiger partial charge in [-0.1, -0.05) is 0 Å². The van der Waals surface area contributed by atoms with Gasteiger partial charge in [0.25, 0.3) is 0 Å². The summed E-state index contributed by atoms with van der Waals surface area (Å²) < 4.78 is 5.13. The van der Waals surface area contributed by atoms with E-state index in [0.717, 1.165) is 22.2 Å². The lowest BCUT2D eigenvalue weighted by Crippen LogP contribution is -2.10. The summed E-state index contributed by atoms with van der Waals surface area (Å²) in [5.41, 5.74) is 4.46. The molecule has 15 heavy (non-hydrogen) atoms. The highest BCUT2D eigenvalue weighted by atomic mass is 16.5. The van der Waals surface area contributed by atoms with Gasteiger partial charge in [-0.3, -0.25) is 0 Å². The summed E-state index contributed by atoms with van der Waals surface area (Å²) in [5.74, 6) is 6.85. The minimum atomic E-state index is 0.691. The lowest BCUT2D eigenvalue weighted by Gasteiger charge is -2.07. The van der Waals surface area contributed by atoms with Gasteiger partial charge in [0.2, 0.25) is 0 Å². The van der Waals surface area contributed by atoms with E-state index in [2.05, 4.69) is 10.4 Å². The second kappa shape index (κ2) is 3.74. The number of methoxy groups -OCH3 is 1. The number of nitrogen functional groups attached to an aromatic ring is 1. The number of nitrogens with zero attached hydrogens (tertiary/aromatic N) is 1. The van der Waals surface area contributed by atoms with E-state index in [4.69, 9.17) is 10.6 Å². The zero-order chi connectivity index (χ0) is 10.8. The average molecular weight is 203 g/mol. The highest BCUT2D eigenvalue weighted by Gasteiger charge is 2.02. The SMILES string of the molecule is COc1ccc2cc(C)c(NN)nc2c1. The van der Waals surface area contributed by atoms with E-state index in [0.29, 0.717) is 5.82 Å². The van der Waals surface area contributed by atoms with Crippen molar-refractivity contribution in [2.75, 3.05) is 12.5 Å². The summed E-state index contributed by atoms with van der Waals surface area (Å²) in [5, 5.41) is 1.08. The van der Waals surface area contributed by atoms with E-state index >= 15 is 0 Å². The Morgan fingerprint density at radius 3 is 2.80 bits per heavy atom. The van der Waals surface area contributed by atoms with Crippen LogP contribution in [0, 0.1) is 6.92 Å². The summed E-state index contributed by atoms with van der Waals surface area (Å²) in [6.07, 6.45) is 0. The molecule has 0 aliphatic carbocycles. The van der Waals surface area contributed by atoms with E-state index in [1.54, 1.807) is 7.11 Å². The van der Waals surface area contributed by atoms with Crippen molar-refractivity contribution in [3.05, 3.63) is 29.8 Å². The lowest BCUT2D eigenvalue weighted by molar-refractivity contribution is 0.415. The summed E-state index contributed by atoms with van der Waals surface area (Å²) in [7, 11) is 1.64. The van der Waals surface area contributed by atoms with Gasteiger partial charge in [0.15, 0.2) is 0 Å². The lowest BCUT2D eigenvalue weighted by atomic mass is 10.1. The van der Waals surface area contributed by atoms with E-state index in [-0.39, 0.29) is 0 Å². The maximum atomic E-state index is 5.37. The molecule has 0 saturated heterocycles. The molecule has 0 spiro atoms. The van der Waals surface area contributed by atoms with Gasteiger partial charge in [-0.05, 0) is 30.7 Å². The molecule has 0 unspecified atom stereocenters. The van der Waals surface area contributed by atoms with Gasteiger partial charge in [-0.2, -0.15) is 0 Å². The highest BCUT2D eigenvalue weighted by Crippen LogP contribution is 2.23. The molecule has 0 aliphatic rings. The molecule has 0 aliphatic heterocycles. The van der Waals surface area contributed by atoms with Crippen LogP contribution in [0.5, 0.6) is 5.75 Å². The smallest absolute Gasteiger partial charge is 0.143 e. The largest absolute Gasteiger partial charge is 0.497 e. The number of fused-ring (bicyclic) bond motifs is 1. The number of ether oxygens (including phenoxy) is 1. The van der Waals surface area contributed by atoms with Gasteiger partial charge < -0.3 is 10.2 Å². The zero-order valence-electron chi connectivity index (χ0n) is 8.74. The number of aryl methyl sites for hydroxylation is 1. The van der Waals surface area contributed by atoms with Crippen molar-refractivity contribution in [1.82, 2.24) is 4.98 Å². The standard InChI is InChI=1S/C11H13N3O/c1-7-5-8-3-4-9(15-2)6-10(8)13-11(7)14-12/h3-6H,12H2,1-2H3,(H,13,14). The third-order valence-corrected chi connectivity index (χ3v) is 2.35. The van der Waals surface area contributed by atoms with Crippen LogP contribution in [-0.2, 0) is 0 Å². The minimum absolute atomic E-state index is 0.691. The number of hydrogen-bond donors (Lipinski definition) is 2. The van der Waals surface area contributed by atoms with Gasteiger partial charge in [0.05, 0.1) is 12.6 Å². The molecule has 0 fully saturated rings. The maximum absolute atomic E-state index is 5.37. The van der Waals surface area contributed by atoms with Gasteiger partial charge in [-0.15, -0.1) is 0 Å². The number of rotatable bonds is 2. The van der Waals surface area contributed by atoms with Crippen LogP contribution in [0.4, 0.5) is 5.82 Å². The third kappa shape index (κ3) is 1.71. The topological polar surface area (TPSA) is 60.2 Å². The summed E-state index contributed by atoms with van der Waals surface area (Å²) >= 11 is 0. The normalized spacial score (nSPS) is 10.3. The molecule has 1 heterocycles. The van der Waals surface area contributed by atoms with Crippen molar-refractivity contribution in [3.8, 4) is 5.75 Å². The summed E-state index contributed by atoms with van der Waals surface area (Å²) in [6, 6.07) is 7.82. The van der Waals surface area contributed by atoms with Gasteiger partial charge in [-0.25, -0.2) is 10.8 Å². The molecule has 1 aromatic heterocycles. The van der Waals surface area contributed by atoms with Crippen LogP contribution >= 0.6 is 0 Å². The van der Waals surface area contributed by atoms with E-state index in [9.17, 15) is 0 Å². The molecule has 2 aromatic rings. The highest BCUT2D eigenvalue weighted by molar-refractivity contribution is 5.82. The van der Waals surface area contributed by atoms with Crippen molar-refractivity contribution in [3.63, 3.8) is 0 Å². The number of anilines is 1. The van der Waals surface area contributed by atoms with Crippen LogP contribution in [0.2, 0.25) is 0 Å². The average Bonchev–Trinajstić information content (AvgIpc) is 2.27. The molecule has 78 valence electrons. The fourth-order valence-electron chi connectivity index (χ4n) is 1.53. The van der Waals surface area contributed by atoms with Gasteiger partial charge >= 0.3 is 0 Å². The fraction of sp³-hybridized carbons (Fsp3) is 0.182. The van der Waals surface area contributed by atoms with Gasteiger partial charge in [0.1, 0.15) is 11.6 Å². The van der Waals surface area contributed by atoms with E-state index in [1.807, 2.05) is 31.2 Å². The minimum Gasteiger partial charge on any atom is -0.497 e. The first-order valence-corrected chi connectivity index (χ1v) is 4.66. The number of hydrogen-bond acceptors (Lipinski definition) is 4. The molecule has 0 radical (unpaired) electrons. The molecule has 4 heteroatoms. The molecular formula is C11H13N3O. The number of hydrazine groups is 1.